The zero-order valence-electron chi connectivity index (χ0n) is 26.3. The molecule has 2 rings (SSSR count). The lowest BCUT2D eigenvalue weighted by Crippen LogP contribution is -2.42. The van der Waals surface area contributed by atoms with Crippen LogP contribution >= 0.6 is 0 Å². The van der Waals surface area contributed by atoms with Crippen molar-refractivity contribution in [3.63, 3.8) is 0 Å². The molecule has 43 heavy (non-hydrogen) atoms. The van der Waals surface area contributed by atoms with Crippen LogP contribution in [0.2, 0.25) is 0 Å². The molecule has 8 heteroatoms. The van der Waals surface area contributed by atoms with E-state index >= 15 is 0 Å². The van der Waals surface area contributed by atoms with Crippen LogP contribution in [0.1, 0.15) is 116 Å². The molecule has 0 aliphatic carbocycles. The molecule has 0 radical (unpaired) electrons. The second kappa shape index (κ2) is 24.1. The van der Waals surface area contributed by atoms with Gasteiger partial charge in [0, 0.05) is 13.0 Å². The fourth-order valence-corrected chi connectivity index (χ4v) is 4.73. The first-order valence-corrected chi connectivity index (χ1v) is 16.5. The first-order valence-electron chi connectivity index (χ1n) is 16.5. The van der Waals surface area contributed by atoms with Crippen molar-refractivity contribution in [2.45, 2.75) is 116 Å². The molecule has 0 saturated carbocycles. The van der Waals surface area contributed by atoms with Crippen LogP contribution in [0.3, 0.4) is 0 Å². The molecule has 0 unspecified atom stereocenters. The number of urea groups is 1. The van der Waals surface area contributed by atoms with Crippen molar-refractivity contribution in [2.24, 2.45) is 0 Å². The van der Waals surface area contributed by atoms with Crippen molar-refractivity contribution in [3.05, 3.63) is 48.5 Å². The van der Waals surface area contributed by atoms with Gasteiger partial charge in [-0.05, 0) is 67.8 Å². The van der Waals surface area contributed by atoms with Crippen molar-refractivity contribution < 1.29 is 24.2 Å². The molecular weight excluding hydrogens is 542 g/mol. The maximum absolute atomic E-state index is 12.0. The Balaban J connectivity index is 1.32. The Bertz CT molecular complexity index is 982. The largest absolute Gasteiger partial charge is 0.508 e. The van der Waals surface area contributed by atoms with E-state index in [1.54, 1.807) is 24.3 Å². The van der Waals surface area contributed by atoms with E-state index in [4.69, 9.17) is 9.47 Å². The lowest BCUT2D eigenvalue weighted by molar-refractivity contribution is -0.121. The van der Waals surface area contributed by atoms with E-state index in [-0.39, 0.29) is 24.4 Å². The lowest BCUT2D eigenvalue weighted by Gasteiger charge is -2.09. The van der Waals surface area contributed by atoms with Crippen LogP contribution in [0.4, 0.5) is 4.79 Å². The smallest absolute Gasteiger partial charge is 0.316 e. The van der Waals surface area contributed by atoms with Crippen LogP contribution in [-0.4, -0.2) is 36.9 Å². The Morgan fingerprint density at radius 1 is 0.605 bits per heavy atom. The number of carbonyl (C=O) groups excluding carboxylic acids is 2. The standard InChI is InChI=1S/C35H55N3O5/c1-2-3-4-5-6-10-13-16-27-36-35(41)38-29-37-34(40)18-15-12-9-7-8-11-14-17-28-42-31-23-25-33(26-24-31)43-32-21-19-30(39)20-22-32/h19-26,39H,2-18,27-29H2,1H3,(H,37,40)(H2,36,38,41). The summed E-state index contributed by atoms with van der Waals surface area (Å²) in [4.78, 5) is 23.8. The molecule has 0 aromatic heterocycles. The number of nitrogens with one attached hydrogen (secondary N) is 3. The molecule has 240 valence electrons. The van der Waals surface area contributed by atoms with Gasteiger partial charge in [-0.25, -0.2) is 4.79 Å². The van der Waals surface area contributed by atoms with Crippen molar-refractivity contribution in [1.29, 1.82) is 0 Å². The molecule has 0 aliphatic rings. The highest BCUT2D eigenvalue weighted by molar-refractivity contribution is 5.77. The molecule has 0 fully saturated rings. The summed E-state index contributed by atoms with van der Waals surface area (Å²) >= 11 is 0. The van der Waals surface area contributed by atoms with Gasteiger partial charge in [0.1, 0.15) is 23.0 Å². The number of benzene rings is 2. The molecule has 0 saturated heterocycles. The maximum atomic E-state index is 12.0. The number of phenolic OH excluding ortho intramolecular Hbond substituents is 1. The van der Waals surface area contributed by atoms with E-state index in [1.807, 2.05) is 24.3 Å². The van der Waals surface area contributed by atoms with Gasteiger partial charge in [-0.1, -0.05) is 90.4 Å². The first-order chi connectivity index (χ1) is 21.1. The zero-order valence-corrected chi connectivity index (χ0v) is 26.3. The highest BCUT2D eigenvalue weighted by Gasteiger charge is 2.04. The highest BCUT2D eigenvalue weighted by Crippen LogP contribution is 2.25. The number of unbranched alkanes of at least 4 members (excludes halogenated alkanes) is 14. The van der Waals surface area contributed by atoms with Crippen molar-refractivity contribution >= 4 is 11.9 Å². The Labute approximate surface area is 259 Å². The minimum absolute atomic E-state index is 0.0112. The Morgan fingerprint density at radius 2 is 1.12 bits per heavy atom. The second-order valence-corrected chi connectivity index (χ2v) is 11.2. The third-order valence-corrected chi connectivity index (χ3v) is 7.31. The third kappa shape index (κ3) is 19.4. The van der Waals surface area contributed by atoms with Crippen LogP contribution in [0.25, 0.3) is 0 Å². The number of aromatic hydroxyl groups is 1. The first kappa shape index (κ1) is 35.8. The average Bonchev–Trinajstić information content (AvgIpc) is 3.01. The molecular formula is C35H55N3O5. The topological polar surface area (TPSA) is 109 Å². The molecule has 4 N–H and O–H groups in total. The number of amides is 3. The van der Waals surface area contributed by atoms with E-state index in [0.717, 1.165) is 56.4 Å². The monoisotopic (exact) mass is 597 g/mol. The van der Waals surface area contributed by atoms with E-state index in [9.17, 15) is 14.7 Å². The lowest BCUT2D eigenvalue weighted by atomic mass is 10.1. The zero-order chi connectivity index (χ0) is 30.8. The van der Waals surface area contributed by atoms with Crippen molar-refractivity contribution in [1.82, 2.24) is 16.0 Å². The van der Waals surface area contributed by atoms with Crippen LogP contribution < -0.4 is 25.4 Å². The van der Waals surface area contributed by atoms with E-state index < -0.39 is 0 Å². The van der Waals surface area contributed by atoms with Gasteiger partial charge >= 0.3 is 6.03 Å². The number of hydrogen-bond acceptors (Lipinski definition) is 5. The Hall–Kier alpha value is -3.42. The summed E-state index contributed by atoms with van der Waals surface area (Å²) in [7, 11) is 0. The third-order valence-electron chi connectivity index (χ3n) is 7.31. The summed E-state index contributed by atoms with van der Waals surface area (Å²) in [5, 5.41) is 17.7. The molecule has 2 aromatic rings. The minimum Gasteiger partial charge on any atom is -0.508 e. The average molecular weight is 598 g/mol. The van der Waals surface area contributed by atoms with Crippen LogP contribution in [0.5, 0.6) is 23.0 Å². The van der Waals surface area contributed by atoms with Gasteiger partial charge in [0.25, 0.3) is 0 Å². The van der Waals surface area contributed by atoms with Crippen molar-refractivity contribution in [2.75, 3.05) is 19.8 Å². The quantitative estimate of drug-likeness (QED) is 0.0677. The Morgan fingerprint density at radius 3 is 1.74 bits per heavy atom. The fourth-order valence-electron chi connectivity index (χ4n) is 4.73. The molecule has 0 atom stereocenters. The molecule has 2 aromatic carbocycles. The summed E-state index contributed by atoms with van der Waals surface area (Å²) in [6.07, 6.45) is 19.2. The molecule has 0 aliphatic heterocycles. The van der Waals surface area contributed by atoms with Gasteiger partial charge in [0.05, 0.1) is 13.3 Å². The number of rotatable bonds is 25. The predicted octanol–water partition coefficient (Wildman–Crippen LogP) is 8.59. The maximum Gasteiger partial charge on any atom is 0.316 e. The van der Waals surface area contributed by atoms with E-state index in [0.29, 0.717) is 25.3 Å². The van der Waals surface area contributed by atoms with Gasteiger partial charge in [-0.3, -0.25) is 4.79 Å². The molecule has 8 nitrogen and oxygen atoms in total. The normalized spacial score (nSPS) is 10.7. The fraction of sp³-hybridized carbons (Fsp3) is 0.600. The second-order valence-electron chi connectivity index (χ2n) is 11.2. The van der Waals surface area contributed by atoms with E-state index in [1.165, 1.54) is 57.8 Å². The minimum atomic E-state index is -0.221. The number of phenols is 1. The summed E-state index contributed by atoms with van der Waals surface area (Å²) in [6.45, 7) is 3.78. The SMILES string of the molecule is CCCCCCCCCCNC(=O)NCNC(=O)CCCCCCCCCCOc1ccc(Oc2ccc(O)cc2)cc1. The predicted molar refractivity (Wildman–Crippen MR) is 174 cm³/mol. The van der Waals surface area contributed by atoms with Gasteiger partial charge in [-0.15, -0.1) is 0 Å². The van der Waals surface area contributed by atoms with E-state index in [2.05, 4.69) is 22.9 Å². The van der Waals surface area contributed by atoms with Gasteiger partial charge in [-0.2, -0.15) is 0 Å². The summed E-state index contributed by atoms with van der Waals surface area (Å²) in [5.41, 5.74) is 0. The van der Waals surface area contributed by atoms with Crippen LogP contribution in [0, 0.1) is 0 Å². The summed E-state index contributed by atoms with van der Waals surface area (Å²) < 4.78 is 11.6. The van der Waals surface area contributed by atoms with Crippen LogP contribution in [0.15, 0.2) is 48.5 Å². The summed E-state index contributed by atoms with van der Waals surface area (Å²) in [5.74, 6) is 2.43. The van der Waals surface area contributed by atoms with Crippen molar-refractivity contribution in [3.8, 4) is 23.0 Å². The van der Waals surface area contributed by atoms with Gasteiger partial charge in [0.2, 0.25) is 5.91 Å². The number of carbonyl (C=O) groups is 2. The summed E-state index contributed by atoms with van der Waals surface area (Å²) in [6, 6.07) is 14.0. The molecule has 0 spiro atoms. The number of hydrogen-bond donors (Lipinski definition) is 4. The number of ether oxygens (including phenoxy) is 2. The molecule has 0 bridgehead atoms. The molecule has 0 heterocycles. The van der Waals surface area contributed by atoms with Crippen LogP contribution in [-0.2, 0) is 4.79 Å². The van der Waals surface area contributed by atoms with Gasteiger partial charge in [0.15, 0.2) is 0 Å². The van der Waals surface area contributed by atoms with Gasteiger partial charge < -0.3 is 30.5 Å². The Kier molecular flexibility index (Phi) is 20.0. The molecule has 3 amide bonds. The highest BCUT2D eigenvalue weighted by atomic mass is 16.5.